The fourth-order valence-corrected chi connectivity index (χ4v) is 6.33. The van der Waals surface area contributed by atoms with Crippen LogP contribution in [-0.2, 0) is 21.4 Å². The molecule has 7 nitrogen and oxygen atoms in total. The molecular formula is C25H30N2O5S. The first kappa shape index (κ1) is 23.2. The number of anilines is 1. The Balaban J connectivity index is 1.90. The summed E-state index contributed by atoms with van der Waals surface area (Å²) in [6, 6.07) is 12.8. The van der Waals surface area contributed by atoms with Crippen LogP contribution in [0.4, 0.5) is 5.69 Å². The molecule has 176 valence electrons. The number of likely N-dealkylation sites (tertiary alicyclic amines) is 1. The maximum absolute atomic E-state index is 14.0. The quantitative estimate of drug-likeness (QED) is 0.655. The van der Waals surface area contributed by atoms with Gasteiger partial charge in [-0.3, -0.25) is 9.10 Å². The number of ether oxygens (including phenoxy) is 2. The zero-order valence-electron chi connectivity index (χ0n) is 19.3. The van der Waals surface area contributed by atoms with Gasteiger partial charge in [-0.15, -0.1) is 0 Å². The van der Waals surface area contributed by atoms with Crippen LogP contribution in [0.1, 0.15) is 43.7 Å². The highest BCUT2D eigenvalue weighted by Gasteiger charge is 2.42. The third-order valence-electron chi connectivity index (χ3n) is 6.32. The van der Waals surface area contributed by atoms with Gasteiger partial charge in [0.15, 0.2) is 16.4 Å². The highest BCUT2D eigenvalue weighted by Crippen LogP contribution is 2.45. The SMILES string of the molecule is COc1cc2c(cc1OC)N(Cc1ccccc1)S(=O)(=O)C(C(=O)N1CCCCCC1)=C2C. The Morgan fingerprint density at radius 3 is 2.15 bits per heavy atom. The van der Waals surface area contributed by atoms with E-state index in [9.17, 15) is 13.2 Å². The predicted octanol–water partition coefficient (Wildman–Crippen LogP) is 4.19. The molecule has 0 bridgehead atoms. The van der Waals surface area contributed by atoms with Gasteiger partial charge in [-0.2, -0.15) is 0 Å². The number of amides is 1. The number of allylic oxidation sites excluding steroid dienone is 1. The lowest BCUT2D eigenvalue weighted by Gasteiger charge is -2.34. The predicted molar refractivity (Wildman–Crippen MR) is 129 cm³/mol. The molecule has 0 aliphatic carbocycles. The van der Waals surface area contributed by atoms with Gasteiger partial charge in [0.25, 0.3) is 15.9 Å². The van der Waals surface area contributed by atoms with E-state index >= 15 is 0 Å². The Morgan fingerprint density at radius 1 is 0.939 bits per heavy atom. The summed E-state index contributed by atoms with van der Waals surface area (Å²) in [5.74, 6) is 0.489. The Hall–Kier alpha value is -3.00. The van der Waals surface area contributed by atoms with Crippen molar-refractivity contribution in [2.24, 2.45) is 0 Å². The molecule has 2 aliphatic rings. The molecule has 2 aliphatic heterocycles. The maximum Gasteiger partial charge on any atom is 0.270 e. The second-order valence-corrected chi connectivity index (χ2v) is 10.2. The lowest BCUT2D eigenvalue weighted by molar-refractivity contribution is -0.126. The molecule has 1 amide bonds. The van der Waals surface area contributed by atoms with Gasteiger partial charge < -0.3 is 14.4 Å². The van der Waals surface area contributed by atoms with E-state index in [0.717, 1.165) is 31.2 Å². The maximum atomic E-state index is 14.0. The zero-order chi connectivity index (χ0) is 23.6. The van der Waals surface area contributed by atoms with Crippen molar-refractivity contribution < 1.29 is 22.7 Å². The number of hydrogen-bond acceptors (Lipinski definition) is 5. The summed E-state index contributed by atoms with van der Waals surface area (Å²) >= 11 is 0. The number of rotatable bonds is 5. The van der Waals surface area contributed by atoms with Gasteiger partial charge in [-0.25, -0.2) is 8.42 Å². The van der Waals surface area contributed by atoms with Crippen molar-refractivity contribution >= 4 is 27.2 Å². The number of sulfonamides is 1. The van der Waals surface area contributed by atoms with Gasteiger partial charge in [0, 0.05) is 24.7 Å². The highest BCUT2D eigenvalue weighted by molar-refractivity contribution is 7.97. The summed E-state index contributed by atoms with van der Waals surface area (Å²) in [5, 5.41) is 0. The van der Waals surface area contributed by atoms with E-state index in [1.807, 2.05) is 30.3 Å². The Morgan fingerprint density at radius 2 is 1.55 bits per heavy atom. The van der Waals surface area contributed by atoms with Crippen LogP contribution >= 0.6 is 0 Å². The minimum Gasteiger partial charge on any atom is -0.493 e. The van der Waals surface area contributed by atoms with E-state index in [1.54, 1.807) is 24.0 Å². The monoisotopic (exact) mass is 470 g/mol. The van der Waals surface area contributed by atoms with E-state index in [-0.39, 0.29) is 11.4 Å². The summed E-state index contributed by atoms with van der Waals surface area (Å²) in [5.41, 5.74) is 2.38. The third kappa shape index (κ3) is 4.31. The molecule has 0 radical (unpaired) electrons. The summed E-state index contributed by atoms with van der Waals surface area (Å²) in [6.45, 7) is 2.95. The van der Waals surface area contributed by atoms with E-state index in [0.29, 0.717) is 41.4 Å². The van der Waals surface area contributed by atoms with Crippen molar-refractivity contribution in [3.05, 3.63) is 58.5 Å². The normalized spacial score (nSPS) is 17.9. The molecule has 2 heterocycles. The molecule has 0 atom stereocenters. The van der Waals surface area contributed by atoms with Crippen molar-refractivity contribution in [2.75, 3.05) is 31.6 Å². The summed E-state index contributed by atoms with van der Waals surface area (Å²) in [7, 11) is -1.06. The van der Waals surface area contributed by atoms with Gasteiger partial charge in [-0.05, 0) is 37.0 Å². The molecule has 0 aromatic heterocycles. The Labute approximate surface area is 195 Å². The molecular weight excluding hydrogens is 440 g/mol. The molecule has 2 aromatic carbocycles. The van der Waals surface area contributed by atoms with Gasteiger partial charge >= 0.3 is 0 Å². The van der Waals surface area contributed by atoms with Gasteiger partial charge in [-0.1, -0.05) is 43.2 Å². The van der Waals surface area contributed by atoms with E-state index < -0.39 is 15.9 Å². The van der Waals surface area contributed by atoms with Crippen LogP contribution in [-0.4, -0.2) is 46.5 Å². The minimum atomic E-state index is -4.10. The molecule has 1 saturated heterocycles. The summed E-state index contributed by atoms with van der Waals surface area (Å²) in [6.07, 6.45) is 3.87. The second-order valence-electron chi connectivity index (χ2n) is 8.38. The van der Waals surface area contributed by atoms with Crippen LogP contribution in [0.2, 0.25) is 0 Å². The second kappa shape index (κ2) is 9.47. The van der Waals surface area contributed by atoms with Crippen LogP contribution in [0, 0.1) is 0 Å². The molecule has 2 aromatic rings. The number of nitrogens with zero attached hydrogens (tertiary/aromatic N) is 2. The fourth-order valence-electron chi connectivity index (χ4n) is 4.54. The molecule has 1 fully saturated rings. The molecule has 0 saturated carbocycles. The highest BCUT2D eigenvalue weighted by atomic mass is 32.2. The molecule has 0 unspecified atom stereocenters. The van der Waals surface area contributed by atoms with E-state index in [2.05, 4.69) is 0 Å². The van der Waals surface area contributed by atoms with E-state index in [1.165, 1.54) is 18.5 Å². The zero-order valence-corrected chi connectivity index (χ0v) is 20.2. The van der Waals surface area contributed by atoms with Crippen molar-refractivity contribution in [1.82, 2.24) is 4.90 Å². The first-order valence-corrected chi connectivity index (χ1v) is 12.7. The molecule has 8 heteroatoms. The van der Waals surface area contributed by atoms with Gasteiger partial charge in [0.1, 0.15) is 0 Å². The molecule has 0 spiro atoms. The molecule has 0 N–H and O–H groups in total. The summed E-state index contributed by atoms with van der Waals surface area (Å²) in [4.78, 5) is 15.2. The van der Waals surface area contributed by atoms with Gasteiger partial charge in [0.05, 0.1) is 26.5 Å². The topological polar surface area (TPSA) is 76.1 Å². The van der Waals surface area contributed by atoms with Crippen molar-refractivity contribution in [3.63, 3.8) is 0 Å². The number of carbonyl (C=O) groups excluding carboxylic acids is 1. The summed E-state index contributed by atoms with van der Waals surface area (Å²) < 4.78 is 40.2. The number of hydrogen-bond donors (Lipinski definition) is 0. The first-order chi connectivity index (χ1) is 15.9. The number of benzene rings is 2. The lowest BCUT2D eigenvalue weighted by atomic mass is 10.0. The standard InChI is InChI=1S/C25H30N2O5S/c1-18-20-15-22(31-2)23(32-3)16-21(20)27(17-19-11-7-6-8-12-19)33(29,30)24(18)25(28)26-13-9-4-5-10-14-26/h6-8,11-12,15-16H,4-5,9-10,13-14,17H2,1-3H3. The Kier molecular flexibility index (Phi) is 6.65. The van der Waals surface area contributed by atoms with Crippen molar-refractivity contribution in [1.29, 1.82) is 0 Å². The number of fused-ring (bicyclic) bond motifs is 1. The first-order valence-electron chi connectivity index (χ1n) is 11.2. The van der Waals surface area contributed by atoms with Crippen LogP contribution in [0.3, 0.4) is 0 Å². The van der Waals surface area contributed by atoms with Crippen LogP contribution < -0.4 is 13.8 Å². The minimum absolute atomic E-state index is 0.107. The number of carbonyl (C=O) groups is 1. The van der Waals surface area contributed by atoms with Crippen LogP contribution in [0.15, 0.2) is 47.4 Å². The van der Waals surface area contributed by atoms with Crippen LogP contribution in [0.25, 0.3) is 5.57 Å². The molecule has 4 rings (SSSR count). The van der Waals surface area contributed by atoms with Crippen LogP contribution in [0.5, 0.6) is 11.5 Å². The average Bonchev–Trinajstić information content (AvgIpc) is 3.11. The third-order valence-corrected chi connectivity index (χ3v) is 8.22. The Bertz CT molecular complexity index is 1170. The van der Waals surface area contributed by atoms with Gasteiger partial charge in [0.2, 0.25) is 0 Å². The van der Waals surface area contributed by atoms with Crippen molar-refractivity contribution in [3.8, 4) is 11.5 Å². The average molecular weight is 471 g/mol. The van der Waals surface area contributed by atoms with E-state index in [4.69, 9.17) is 9.47 Å². The number of methoxy groups -OCH3 is 2. The lowest BCUT2D eigenvalue weighted by Crippen LogP contribution is -2.42. The molecule has 33 heavy (non-hydrogen) atoms. The largest absolute Gasteiger partial charge is 0.493 e. The van der Waals surface area contributed by atoms with Crippen molar-refractivity contribution in [2.45, 2.75) is 39.2 Å². The smallest absolute Gasteiger partial charge is 0.270 e. The fraction of sp³-hybridized carbons (Fsp3) is 0.400.